The molecule has 0 saturated heterocycles. The van der Waals surface area contributed by atoms with Gasteiger partial charge in [-0.3, -0.25) is 0 Å². The van der Waals surface area contributed by atoms with Crippen molar-refractivity contribution >= 4 is 11.7 Å². The lowest BCUT2D eigenvalue weighted by atomic mass is 10.2. The van der Waals surface area contributed by atoms with E-state index in [9.17, 15) is 4.79 Å². The van der Waals surface area contributed by atoms with E-state index < -0.39 is 0 Å². The van der Waals surface area contributed by atoms with Crippen LogP contribution in [-0.4, -0.2) is 38.6 Å². The molecular formula is C17H26N2O4. The van der Waals surface area contributed by atoms with Crippen molar-refractivity contribution in [2.24, 2.45) is 10.2 Å². The first kappa shape index (κ1) is 19.3. The zero-order chi connectivity index (χ0) is 16.9. The quantitative estimate of drug-likeness (QED) is 0.266. The minimum atomic E-state index is -0.325. The molecule has 1 rings (SSSR count). The molecule has 23 heavy (non-hydrogen) atoms. The number of esters is 1. The van der Waals surface area contributed by atoms with Gasteiger partial charge in [0.1, 0.15) is 0 Å². The molecular weight excluding hydrogens is 296 g/mol. The van der Waals surface area contributed by atoms with Gasteiger partial charge in [0.15, 0.2) is 6.29 Å². The van der Waals surface area contributed by atoms with E-state index in [2.05, 4.69) is 10.2 Å². The van der Waals surface area contributed by atoms with E-state index in [1.807, 2.05) is 13.8 Å². The van der Waals surface area contributed by atoms with Crippen molar-refractivity contribution in [2.75, 3.05) is 26.4 Å². The standard InChI is InChI=1S/C17H26N2O4/c1-4-21-16(22-5-2)8-7-13-18-19-15-11-9-14(10-12-15)17(20)23-6-3/h9-12,16H,4-8,13H2,1-3H3. The number of ether oxygens (including phenoxy) is 3. The second-order valence-electron chi connectivity index (χ2n) is 4.71. The van der Waals surface area contributed by atoms with E-state index >= 15 is 0 Å². The monoisotopic (exact) mass is 322 g/mol. The lowest BCUT2D eigenvalue weighted by Crippen LogP contribution is -2.17. The molecule has 0 aliphatic rings. The fraction of sp³-hybridized carbons (Fsp3) is 0.588. The Morgan fingerprint density at radius 1 is 1.04 bits per heavy atom. The molecule has 1 aromatic carbocycles. The van der Waals surface area contributed by atoms with E-state index in [0.29, 0.717) is 37.6 Å². The average molecular weight is 322 g/mol. The number of hydrogen-bond acceptors (Lipinski definition) is 6. The van der Waals surface area contributed by atoms with Gasteiger partial charge in [0.2, 0.25) is 0 Å². The largest absolute Gasteiger partial charge is 0.462 e. The molecule has 0 fully saturated rings. The SMILES string of the molecule is CCOC(=O)c1ccc(N=NCCCC(OCC)OCC)cc1. The molecule has 0 aromatic heterocycles. The number of hydrogen-bond donors (Lipinski definition) is 0. The summed E-state index contributed by atoms with van der Waals surface area (Å²) >= 11 is 0. The van der Waals surface area contributed by atoms with E-state index in [-0.39, 0.29) is 12.3 Å². The van der Waals surface area contributed by atoms with Crippen LogP contribution in [-0.2, 0) is 14.2 Å². The highest BCUT2D eigenvalue weighted by Gasteiger charge is 2.07. The summed E-state index contributed by atoms with van der Waals surface area (Å²) in [6.45, 7) is 7.93. The van der Waals surface area contributed by atoms with Gasteiger partial charge in [0, 0.05) is 19.6 Å². The Hall–Kier alpha value is -1.79. The topological polar surface area (TPSA) is 69.5 Å². The summed E-state index contributed by atoms with van der Waals surface area (Å²) in [5, 5.41) is 8.28. The summed E-state index contributed by atoms with van der Waals surface area (Å²) in [6.07, 6.45) is 1.47. The van der Waals surface area contributed by atoms with Crippen LogP contribution in [0.25, 0.3) is 0 Å². The molecule has 1 aromatic rings. The molecule has 128 valence electrons. The van der Waals surface area contributed by atoms with Crippen molar-refractivity contribution in [3.63, 3.8) is 0 Å². The van der Waals surface area contributed by atoms with Gasteiger partial charge in [-0.1, -0.05) is 0 Å². The zero-order valence-corrected chi connectivity index (χ0v) is 14.2. The van der Waals surface area contributed by atoms with Gasteiger partial charge in [-0.2, -0.15) is 10.2 Å². The molecule has 0 heterocycles. The Morgan fingerprint density at radius 2 is 1.70 bits per heavy atom. The second kappa shape index (κ2) is 11.7. The number of nitrogens with zero attached hydrogens (tertiary/aromatic N) is 2. The van der Waals surface area contributed by atoms with E-state index in [4.69, 9.17) is 14.2 Å². The Bertz CT molecular complexity index is 468. The molecule has 6 heteroatoms. The third-order valence-corrected chi connectivity index (χ3v) is 2.97. The van der Waals surface area contributed by atoms with Crippen molar-refractivity contribution in [3.8, 4) is 0 Å². The van der Waals surface area contributed by atoms with Crippen molar-refractivity contribution in [2.45, 2.75) is 39.9 Å². The maximum Gasteiger partial charge on any atom is 0.338 e. The highest BCUT2D eigenvalue weighted by atomic mass is 16.7. The van der Waals surface area contributed by atoms with Crippen molar-refractivity contribution in [1.29, 1.82) is 0 Å². The van der Waals surface area contributed by atoms with Crippen LogP contribution in [0.15, 0.2) is 34.5 Å². The molecule has 0 saturated carbocycles. The number of carbonyl (C=O) groups is 1. The van der Waals surface area contributed by atoms with Crippen molar-refractivity contribution in [1.82, 2.24) is 0 Å². The van der Waals surface area contributed by atoms with Gasteiger partial charge in [-0.25, -0.2) is 4.79 Å². The van der Waals surface area contributed by atoms with Crippen LogP contribution < -0.4 is 0 Å². The highest BCUT2D eigenvalue weighted by Crippen LogP contribution is 2.14. The van der Waals surface area contributed by atoms with Crippen LogP contribution in [0.4, 0.5) is 5.69 Å². The smallest absolute Gasteiger partial charge is 0.338 e. The van der Waals surface area contributed by atoms with Gasteiger partial charge in [-0.05, 0) is 51.5 Å². The third kappa shape index (κ3) is 7.85. The molecule has 0 spiro atoms. The minimum Gasteiger partial charge on any atom is -0.462 e. The Kier molecular flexibility index (Phi) is 9.83. The van der Waals surface area contributed by atoms with Gasteiger partial charge >= 0.3 is 5.97 Å². The number of carbonyl (C=O) groups excluding carboxylic acids is 1. The van der Waals surface area contributed by atoms with Crippen LogP contribution >= 0.6 is 0 Å². The minimum absolute atomic E-state index is 0.163. The number of rotatable bonds is 11. The summed E-state index contributed by atoms with van der Waals surface area (Å²) in [5.41, 5.74) is 1.23. The normalized spacial score (nSPS) is 11.3. The van der Waals surface area contributed by atoms with Crippen LogP contribution in [0, 0.1) is 0 Å². The predicted molar refractivity (Wildman–Crippen MR) is 88.1 cm³/mol. The average Bonchev–Trinajstić information content (AvgIpc) is 2.55. The summed E-state index contributed by atoms with van der Waals surface area (Å²) in [5.74, 6) is -0.325. The van der Waals surface area contributed by atoms with Gasteiger partial charge < -0.3 is 14.2 Å². The molecule has 0 unspecified atom stereocenters. The van der Waals surface area contributed by atoms with E-state index in [0.717, 1.165) is 12.8 Å². The summed E-state index contributed by atoms with van der Waals surface area (Å²) < 4.78 is 15.9. The fourth-order valence-electron chi connectivity index (χ4n) is 1.93. The Morgan fingerprint density at radius 3 is 2.26 bits per heavy atom. The first-order valence-electron chi connectivity index (χ1n) is 8.09. The second-order valence-corrected chi connectivity index (χ2v) is 4.71. The van der Waals surface area contributed by atoms with Crippen molar-refractivity contribution < 1.29 is 19.0 Å². The Labute approximate surface area is 137 Å². The molecule has 0 N–H and O–H groups in total. The maximum absolute atomic E-state index is 11.5. The lowest BCUT2D eigenvalue weighted by Gasteiger charge is -2.15. The molecule has 0 amide bonds. The lowest BCUT2D eigenvalue weighted by molar-refractivity contribution is -0.139. The summed E-state index contributed by atoms with van der Waals surface area (Å²) in [4.78, 5) is 11.5. The van der Waals surface area contributed by atoms with Gasteiger partial charge in [-0.15, -0.1) is 0 Å². The number of benzene rings is 1. The third-order valence-electron chi connectivity index (χ3n) is 2.97. The zero-order valence-electron chi connectivity index (χ0n) is 14.2. The van der Waals surface area contributed by atoms with Gasteiger partial charge in [0.05, 0.1) is 24.4 Å². The fourth-order valence-corrected chi connectivity index (χ4v) is 1.93. The van der Waals surface area contributed by atoms with Crippen LogP contribution in [0.5, 0.6) is 0 Å². The first-order chi connectivity index (χ1) is 11.2. The molecule has 0 bridgehead atoms. The highest BCUT2D eigenvalue weighted by molar-refractivity contribution is 5.89. The molecule has 0 atom stereocenters. The summed E-state index contributed by atoms with van der Waals surface area (Å²) in [6, 6.07) is 6.87. The van der Waals surface area contributed by atoms with E-state index in [1.165, 1.54) is 0 Å². The van der Waals surface area contributed by atoms with Crippen LogP contribution in [0.2, 0.25) is 0 Å². The van der Waals surface area contributed by atoms with Crippen molar-refractivity contribution in [3.05, 3.63) is 29.8 Å². The van der Waals surface area contributed by atoms with E-state index in [1.54, 1.807) is 31.2 Å². The molecule has 0 aliphatic heterocycles. The Balaban J connectivity index is 2.35. The van der Waals surface area contributed by atoms with Crippen LogP contribution in [0.1, 0.15) is 44.0 Å². The van der Waals surface area contributed by atoms with Crippen LogP contribution in [0.3, 0.4) is 0 Å². The molecule has 0 aliphatic carbocycles. The molecule has 6 nitrogen and oxygen atoms in total. The predicted octanol–water partition coefficient (Wildman–Crippen LogP) is 4.13. The van der Waals surface area contributed by atoms with Gasteiger partial charge in [0.25, 0.3) is 0 Å². The first-order valence-corrected chi connectivity index (χ1v) is 8.09. The summed E-state index contributed by atoms with van der Waals surface area (Å²) in [7, 11) is 0. The number of azo groups is 1. The molecule has 0 radical (unpaired) electrons. The maximum atomic E-state index is 11.5.